The van der Waals surface area contributed by atoms with E-state index in [2.05, 4.69) is 9.78 Å². The molecule has 0 radical (unpaired) electrons. The Morgan fingerprint density at radius 1 is 1.18 bits per heavy atom. The molecular formula is C7H12O4. The van der Waals surface area contributed by atoms with E-state index in [0.29, 0.717) is 6.42 Å². The zero-order valence-corrected chi connectivity index (χ0v) is 6.75. The smallest absolute Gasteiger partial charge is 0.298 e. The van der Waals surface area contributed by atoms with Crippen LogP contribution in [0, 0.1) is 0 Å². The summed E-state index contributed by atoms with van der Waals surface area (Å²) in [6.07, 6.45) is 0.643. The van der Waals surface area contributed by atoms with Crippen LogP contribution in [0.2, 0.25) is 0 Å². The largest absolute Gasteiger partial charge is 0.342 e. The molecule has 0 rings (SSSR count). The molecule has 0 aliphatic rings. The van der Waals surface area contributed by atoms with Crippen LogP contribution in [0.15, 0.2) is 0 Å². The number of ketones is 1. The van der Waals surface area contributed by atoms with Gasteiger partial charge in [0.05, 0.1) is 0 Å². The fraction of sp³-hybridized carbons (Fsp3) is 0.714. The average molecular weight is 160 g/mol. The van der Waals surface area contributed by atoms with Gasteiger partial charge in [0.2, 0.25) is 0 Å². The Morgan fingerprint density at radius 3 is 2.27 bits per heavy atom. The maximum Gasteiger partial charge on any atom is 0.342 e. The van der Waals surface area contributed by atoms with Crippen LogP contribution in [0.4, 0.5) is 0 Å². The molecule has 0 atom stereocenters. The van der Waals surface area contributed by atoms with Crippen LogP contribution in [-0.4, -0.2) is 18.4 Å². The highest BCUT2D eigenvalue weighted by atomic mass is 17.2. The van der Waals surface area contributed by atoms with Crippen molar-refractivity contribution in [2.45, 2.75) is 26.7 Å². The van der Waals surface area contributed by atoms with E-state index in [9.17, 15) is 9.59 Å². The first-order valence-electron chi connectivity index (χ1n) is 3.54. The molecular weight excluding hydrogens is 148 g/mol. The first-order valence-corrected chi connectivity index (χ1v) is 3.54. The van der Waals surface area contributed by atoms with E-state index < -0.39 is 5.97 Å². The van der Waals surface area contributed by atoms with Gasteiger partial charge in [0.15, 0.2) is 12.4 Å². The van der Waals surface area contributed by atoms with Gasteiger partial charge in [-0.1, -0.05) is 13.8 Å². The average Bonchev–Trinajstić information content (AvgIpc) is 2.04. The van der Waals surface area contributed by atoms with Crippen molar-refractivity contribution in [2.24, 2.45) is 0 Å². The summed E-state index contributed by atoms with van der Waals surface area (Å²) in [6, 6.07) is 0. The summed E-state index contributed by atoms with van der Waals surface area (Å²) in [5.74, 6) is -0.553. The topological polar surface area (TPSA) is 52.6 Å². The number of hydrogen-bond donors (Lipinski definition) is 0. The number of carbonyl (C=O) groups excluding carboxylic acids is 2. The minimum atomic E-state index is -0.464. The second-order valence-electron chi connectivity index (χ2n) is 1.96. The molecule has 0 saturated heterocycles. The summed E-state index contributed by atoms with van der Waals surface area (Å²) in [6.45, 7) is 3.21. The monoisotopic (exact) mass is 160 g/mol. The van der Waals surface area contributed by atoms with Gasteiger partial charge in [0.25, 0.3) is 0 Å². The molecule has 0 fully saturated rings. The third-order valence-corrected chi connectivity index (χ3v) is 1.05. The van der Waals surface area contributed by atoms with E-state index in [0.717, 1.165) is 0 Å². The number of rotatable bonds is 5. The maximum absolute atomic E-state index is 10.6. The molecule has 0 N–H and O–H groups in total. The molecule has 0 aliphatic carbocycles. The molecule has 0 aromatic rings. The van der Waals surface area contributed by atoms with Crippen molar-refractivity contribution in [3.05, 3.63) is 0 Å². The Balaban J connectivity index is 3.27. The SMILES string of the molecule is CCC(=O)COOC(=O)CC. The molecule has 0 heterocycles. The highest BCUT2D eigenvalue weighted by Crippen LogP contribution is 1.88. The number of Topliss-reactive ketones (excluding diaryl/α,β-unsaturated/α-hetero) is 1. The van der Waals surface area contributed by atoms with Gasteiger partial charge in [-0.25, -0.2) is 4.79 Å². The highest BCUT2D eigenvalue weighted by molar-refractivity contribution is 5.79. The van der Waals surface area contributed by atoms with Crippen LogP contribution in [0.25, 0.3) is 0 Å². The molecule has 0 aromatic carbocycles. The molecule has 0 bridgehead atoms. The lowest BCUT2D eigenvalue weighted by molar-refractivity contribution is -0.267. The molecule has 0 saturated carbocycles. The molecule has 0 unspecified atom stereocenters. The molecule has 4 nitrogen and oxygen atoms in total. The fourth-order valence-electron chi connectivity index (χ4n) is 0.322. The molecule has 64 valence electrons. The summed E-state index contributed by atoms with van der Waals surface area (Å²) in [7, 11) is 0. The number of carbonyl (C=O) groups is 2. The lowest BCUT2D eigenvalue weighted by atomic mass is 10.3. The second-order valence-corrected chi connectivity index (χ2v) is 1.96. The van der Waals surface area contributed by atoms with E-state index in [-0.39, 0.29) is 18.8 Å². The Kier molecular flexibility index (Phi) is 5.37. The van der Waals surface area contributed by atoms with Crippen LogP contribution in [0.5, 0.6) is 0 Å². The van der Waals surface area contributed by atoms with Crippen LogP contribution in [-0.2, 0) is 19.4 Å². The van der Waals surface area contributed by atoms with Crippen LogP contribution in [0.3, 0.4) is 0 Å². The Bertz CT molecular complexity index is 125. The van der Waals surface area contributed by atoms with E-state index >= 15 is 0 Å². The van der Waals surface area contributed by atoms with Gasteiger partial charge in [0.1, 0.15) is 0 Å². The summed E-state index contributed by atoms with van der Waals surface area (Å²) >= 11 is 0. The zero-order valence-electron chi connectivity index (χ0n) is 6.75. The van der Waals surface area contributed by atoms with E-state index in [4.69, 9.17) is 0 Å². The van der Waals surface area contributed by atoms with Crippen molar-refractivity contribution in [1.29, 1.82) is 0 Å². The summed E-state index contributed by atoms with van der Waals surface area (Å²) < 4.78 is 0. The van der Waals surface area contributed by atoms with Gasteiger partial charge >= 0.3 is 5.97 Å². The van der Waals surface area contributed by atoms with Gasteiger partial charge < -0.3 is 0 Å². The highest BCUT2D eigenvalue weighted by Gasteiger charge is 2.02. The fourth-order valence-corrected chi connectivity index (χ4v) is 0.322. The van der Waals surface area contributed by atoms with E-state index in [1.165, 1.54) is 0 Å². The van der Waals surface area contributed by atoms with Crippen LogP contribution < -0.4 is 0 Å². The van der Waals surface area contributed by atoms with Gasteiger partial charge in [-0.3, -0.25) is 9.68 Å². The molecule has 0 spiro atoms. The van der Waals surface area contributed by atoms with Crippen LogP contribution in [0.1, 0.15) is 26.7 Å². The Hall–Kier alpha value is -0.900. The third kappa shape index (κ3) is 5.54. The predicted molar refractivity (Wildman–Crippen MR) is 37.6 cm³/mol. The van der Waals surface area contributed by atoms with Crippen molar-refractivity contribution >= 4 is 11.8 Å². The molecule has 4 heteroatoms. The second kappa shape index (κ2) is 5.85. The minimum Gasteiger partial charge on any atom is -0.298 e. The Morgan fingerprint density at radius 2 is 1.82 bits per heavy atom. The third-order valence-electron chi connectivity index (χ3n) is 1.05. The van der Waals surface area contributed by atoms with Crippen LogP contribution >= 0.6 is 0 Å². The molecule has 0 aromatic heterocycles. The van der Waals surface area contributed by atoms with Gasteiger partial charge in [0, 0.05) is 12.8 Å². The summed E-state index contributed by atoms with van der Waals surface area (Å²) in [5.41, 5.74) is 0. The van der Waals surface area contributed by atoms with Crippen molar-refractivity contribution in [2.75, 3.05) is 6.61 Å². The maximum atomic E-state index is 10.6. The van der Waals surface area contributed by atoms with Crippen molar-refractivity contribution in [3.8, 4) is 0 Å². The van der Waals surface area contributed by atoms with E-state index in [1.807, 2.05) is 0 Å². The standard InChI is InChI=1S/C7H12O4/c1-3-6(8)5-10-11-7(9)4-2/h3-5H2,1-2H3. The molecule has 11 heavy (non-hydrogen) atoms. The van der Waals surface area contributed by atoms with Gasteiger partial charge in [-0.15, -0.1) is 0 Å². The zero-order chi connectivity index (χ0) is 8.69. The van der Waals surface area contributed by atoms with Crippen molar-refractivity contribution < 1.29 is 19.4 Å². The van der Waals surface area contributed by atoms with E-state index in [1.54, 1.807) is 13.8 Å². The first kappa shape index (κ1) is 10.1. The lowest BCUT2D eigenvalue weighted by Crippen LogP contribution is -2.10. The lowest BCUT2D eigenvalue weighted by Gasteiger charge is -1.99. The van der Waals surface area contributed by atoms with Crippen molar-refractivity contribution in [3.63, 3.8) is 0 Å². The summed E-state index contributed by atoms with van der Waals surface area (Å²) in [5, 5.41) is 0. The van der Waals surface area contributed by atoms with Gasteiger partial charge in [-0.2, -0.15) is 4.89 Å². The number of hydrogen-bond acceptors (Lipinski definition) is 4. The minimum absolute atomic E-state index is 0.0890. The molecule has 0 aliphatic heterocycles. The van der Waals surface area contributed by atoms with Gasteiger partial charge in [-0.05, 0) is 0 Å². The Labute approximate surface area is 65.4 Å². The summed E-state index contributed by atoms with van der Waals surface area (Å²) in [4.78, 5) is 29.5. The van der Waals surface area contributed by atoms with Crippen molar-refractivity contribution in [1.82, 2.24) is 0 Å². The quantitative estimate of drug-likeness (QED) is 0.442. The molecule has 0 amide bonds. The first-order chi connectivity index (χ1) is 5.20. The predicted octanol–water partition coefficient (Wildman–Crippen LogP) is 0.850. The normalized spacial score (nSPS) is 9.27.